The number of nitriles is 1. The van der Waals surface area contributed by atoms with Gasteiger partial charge in [0, 0.05) is 35.4 Å². The summed E-state index contributed by atoms with van der Waals surface area (Å²) in [5, 5.41) is 29.9. The van der Waals surface area contributed by atoms with E-state index in [4.69, 9.17) is 28.4 Å². The lowest BCUT2D eigenvalue weighted by atomic mass is 9.69. The molecule has 11 heteroatoms. The Kier molecular flexibility index (Phi) is 12.4. The van der Waals surface area contributed by atoms with Gasteiger partial charge in [0.1, 0.15) is 23.0 Å². The zero-order valence-corrected chi connectivity index (χ0v) is 34.0. The van der Waals surface area contributed by atoms with Crippen LogP contribution in [0, 0.1) is 17.2 Å². The van der Waals surface area contributed by atoms with Crippen LogP contribution in [-0.2, 0) is 22.2 Å². The molecule has 1 unspecified atom stereocenters. The van der Waals surface area contributed by atoms with Crippen LogP contribution >= 0.6 is 0 Å². The first-order valence-electron chi connectivity index (χ1n) is 19.2. The number of esters is 1. The molecule has 58 heavy (non-hydrogen) atoms. The predicted molar refractivity (Wildman–Crippen MR) is 220 cm³/mol. The number of aromatic hydroxyl groups is 2. The molecule has 2 aliphatic rings. The van der Waals surface area contributed by atoms with Crippen LogP contribution in [0.1, 0.15) is 64.9 Å². The van der Waals surface area contributed by atoms with Crippen molar-refractivity contribution < 1.29 is 43.4 Å². The number of carbonyl (C=O) groups is 1. The molecule has 0 saturated heterocycles. The SMILES string of the molecule is COc1ccc(CCN(C)CCCC(C#N)(c2ccc(OC)c(OC)c2)C(C)C)cc1OC.O=C1OC2(c3ccc(O)cc3Oc3cc(O)ccc32)c2ccccc21. The third kappa shape index (κ3) is 7.80. The summed E-state index contributed by atoms with van der Waals surface area (Å²) in [6, 6.07) is 31.1. The van der Waals surface area contributed by atoms with Crippen LogP contribution in [0.3, 0.4) is 0 Å². The maximum absolute atomic E-state index is 12.5. The Balaban J connectivity index is 0.000000201. The van der Waals surface area contributed by atoms with E-state index in [1.54, 1.807) is 52.7 Å². The van der Waals surface area contributed by atoms with Crippen LogP contribution < -0.4 is 23.7 Å². The fraction of sp³-hybridized carbons (Fsp3) is 0.319. The lowest BCUT2D eigenvalue weighted by molar-refractivity contribution is 0.0224. The Hall–Kier alpha value is -6.38. The van der Waals surface area contributed by atoms with Gasteiger partial charge in [-0.05, 0) is 104 Å². The van der Waals surface area contributed by atoms with E-state index in [1.807, 2.05) is 42.5 Å². The summed E-state index contributed by atoms with van der Waals surface area (Å²) in [4.78, 5) is 14.8. The maximum Gasteiger partial charge on any atom is 0.340 e. The van der Waals surface area contributed by atoms with E-state index < -0.39 is 17.0 Å². The van der Waals surface area contributed by atoms with Gasteiger partial charge in [-0.3, -0.25) is 0 Å². The molecule has 0 aromatic heterocycles. The van der Waals surface area contributed by atoms with Gasteiger partial charge < -0.3 is 43.5 Å². The Morgan fingerprint density at radius 3 is 1.91 bits per heavy atom. The highest BCUT2D eigenvalue weighted by Gasteiger charge is 2.53. The number of phenols is 2. The van der Waals surface area contributed by atoms with Gasteiger partial charge in [-0.25, -0.2) is 4.79 Å². The first kappa shape index (κ1) is 41.3. The average molecular weight is 787 g/mol. The summed E-state index contributed by atoms with van der Waals surface area (Å²) in [7, 11) is 8.67. The number of rotatable bonds is 13. The second-order valence-corrected chi connectivity index (χ2v) is 14.7. The monoisotopic (exact) mass is 786 g/mol. The molecule has 2 N–H and O–H groups in total. The number of hydrogen-bond acceptors (Lipinski definition) is 11. The first-order valence-corrected chi connectivity index (χ1v) is 19.2. The van der Waals surface area contributed by atoms with Crippen molar-refractivity contribution in [3.63, 3.8) is 0 Å². The lowest BCUT2D eigenvalue weighted by Crippen LogP contribution is -2.32. The topological polar surface area (TPSA) is 140 Å². The number of phenolic OH excluding ortho intramolecular Hbond substituents is 2. The molecule has 0 amide bonds. The summed E-state index contributed by atoms with van der Waals surface area (Å²) >= 11 is 0. The molecule has 1 atom stereocenters. The number of nitrogens with zero attached hydrogens (tertiary/aromatic N) is 2. The number of hydrogen-bond donors (Lipinski definition) is 2. The molecule has 0 fully saturated rings. The second-order valence-electron chi connectivity index (χ2n) is 14.7. The molecule has 5 aromatic carbocycles. The molecular formula is C47H50N2O9. The number of methoxy groups -OCH3 is 4. The molecule has 0 radical (unpaired) electrons. The quantitative estimate of drug-likeness (QED) is 0.111. The molecule has 2 aliphatic heterocycles. The molecule has 0 saturated carbocycles. The van der Waals surface area contributed by atoms with Crippen molar-refractivity contribution in [2.24, 2.45) is 5.92 Å². The van der Waals surface area contributed by atoms with Gasteiger partial charge in [0.05, 0.1) is 45.5 Å². The Labute approximate surface area is 339 Å². The van der Waals surface area contributed by atoms with Crippen molar-refractivity contribution in [3.8, 4) is 52.1 Å². The van der Waals surface area contributed by atoms with E-state index in [0.717, 1.165) is 49.4 Å². The summed E-state index contributed by atoms with van der Waals surface area (Å²) in [6.07, 6.45) is 2.61. The minimum absolute atomic E-state index is 0.0371. The average Bonchev–Trinajstić information content (AvgIpc) is 3.52. The third-order valence-electron chi connectivity index (χ3n) is 11.1. The molecule has 5 aromatic rings. The van der Waals surface area contributed by atoms with E-state index >= 15 is 0 Å². The number of benzene rings is 5. The summed E-state index contributed by atoms with van der Waals surface area (Å²) < 4.78 is 33.4. The highest BCUT2D eigenvalue weighted by molar-refractivity contribution is 5.97. The van der Waals surface area contributed by atoms with Crippen molar-refractivity contribution in [2.45, 2.75) is 44.1 Å². The molecule has 7 rings (SSSR count). The molecule has 1 spiro atoms. The summed E-state index contributed by atoms with van der Waals surface area (Å²) in [6.45, 7) is 6.06. The fourth-order valence-corrected chi connectivity index (χ4v) is 7.88. The van der Waals surface area contributed by atoms with Crippen molar-refractivity contribution in [1.29, 1.82) is 5.26 Å². The summed E-state index contributed by atoms with van der Waals surface area (Å²) in [5.41, 5.74) is 2.89. The van der Waals surface area contributed by atoms with E-state index in [9.17, 15) is 20.3 Å². The number of likely N-dealkylation sites (N-methyl/N-ethyl adjacent to an activating group) is 1. The van der Waals surface area contributed by atoms with E-state index in [0.29, 0.717) is 45.3 Å². The van der Waals surface area contributed by atoms with Crippen molar-refractivity contribution in [1.82, 2.24) is 4.90 Å². The van der Waals surface area contributed by atoms with Gasteiger partial charge in [0.2, 0.25) is 0 Å². The number of carbonyl (C=O) groups excluding carboxylic acids is 1. The number of ether oxygens (including phenoxy) is 6. The fourth-order valence-electron chi connectivity index (χ4n) is 7.88. The minimum atomic E-state index is -1.17. The maximum atomic E-state index is 12.5. The van der Waals surface area contributed by atoms with Gasteiger partial charge in [-0.15, -0.1) is 0 Å². The van der Waals surface area contributed by atoms with Crippen molar-refractivity contribution in [2.75, 3.05) is 48.6 Å². The Bertz CT molecular complexity index is 2270. The van der Waals surface area contributed by atoms with Crippen LogP contribution in [0.25, 0.3) is 0 Å². The van der Waals surface area contributed by atoms with Crippen molar-refractivity contribution in [3.05, 3.63) is 130 Å². The summed E-state index contributed by atoms with van der Waals surface area (Å²) in [5.74, 6) is 3.40. The highest BCUT2D eigenvalue weighted by Crippen LogP contribution is 2.57. The molecule has 2 heterocycles. The van der Waals surface area contributed by atoms with Crippen molar-refractivity contribution >= 4 is 5.97 Å². The van der Waals surface area contributed by atoms with Crippen LogP contribution in [-0.4, -0.2) is 69.7 Å². The first-order chi connectivity index (χ1) is 27.9. The third-order valence-corrected chi connectivity index (χ3v) is 11.1. The van der Waals surface area contributed by atoms with Gasteiger partial charge in [0.25, 0.3) is 0 Å². The molecule has 302 valence electrons. The number of fused-ring (bicyclic) bond motifs is 6. The van der Waals surface area contributed by atoms with E-state index in [1.165, 1.54) is 29.8 Å². The van der Waals surface area contributed by atoms with E-state index in [-0.39, 0.29) is 17.4 Å². The smallest absolute Gasteiger partial charge is 0.340 e. The zero-order valence-electron chi connectivity index (χ0n) is 34.0. The zero-order chi connectivity index (χ0) is 41.6. The normalized spacial score (nSPS) is 14.1. The van der Waals surface area contributed by atoms with Crippen LogP contribution in [0.2, 0.25) is 0 Å². The standard InChI is InChI=1S/C27H38N2O4.C20H12O5/c1-20(2)27(19-28,22-10-12-24(31-5)26(18-22)33-7)14-8-15-29(3)16-13-21-9-11-23(30-4)25(17-21)32-6;21-11-5-7-15-17(9-11)24-18-10-12(22)6-8-16(18)20(15)14-4-2-1-3-13(14)19(23)25-20/h9-12,17-18,20H,8,13-16H2,1-7H3;1-10,21-22H. The highest BCUT2D eigenvalue weighted by atomic mass is 16.6. The molecule has 0 aliphatic carbocycles. The van der Waals surface area contributed by atoms with Crippen LogP contribution in [0.4, 0.5) is 0 Å². The minimum Gasteiger partial charge on any atom is -0.508 e. The predicted octanol–water partition coefficient (Wildman–Crippen LogP) is 8.76. The second kappa shape index (κ2) is 17.4. The van der Waals surface area contributed by atoms with Gasteiger partial charge >= 0.3 is 5.97 Å². The lowest BCUT2D eigenvalue weighted by Gasteiger charge is -2.36. The van der Waals surface area contributed by atoms with Gasteiger partial charge in [0.15, 0.2) is 28.6 Å². The van der Waals surface area contributed by atoms with Crippen LogP contribution in [0.5, 0.6) is 46.0 Å². The van der Waals surface area contributed by atoms with E-state index in [2.05, 4.69) is 37.9 Å². The largest absolute Gasteiger partial charge is 0.508 e. The molecule has 0 bridgehead atoms. The van der Waals surface area contributed by atoms with Gasteiger partial charge in [-0.2, -0.15) is 5.26 Å². The molecular weight excluding hydrogens is 737 g/mol. The van der Waals surface area contributed by atoms with Crippen LogP contribution in [0.15, 0.2) is 97.1 Å². The Morgan fingerprint density at radius 2 is 1.33 bits per heavy atom. The van der Waals surface area contributed by atoms with Gasteiger partial charge in [-0.1, -0.05) is 44.2 Å². The Morgan fingerprint density at radius 1 is 0.741 bits per heavy atom. The molecule has 11 nitrogen and oxygen atoms in total.